The van der Waals surface area contributed by atoms with Crippen LogP contribution >= 0.6 is 0 Å². The van der Waals surface area contributed by atoms with Crippen LogP contribution in [-0.4, -0.2) is 59.5 Å². The topological polar surface area (TPSA) is 91.8 Å². The van der Waals surface area contributed by atoms with Crippen molar-refractivity contribution in [2.75, 3.05) is 39.6 Å². The van der Waals surface area contributed by atoms with E-state index in [9.17, 15) is 8.42 Å². The lowest BCUT2D eigenvalue weighted by Gasteiger charge is -2.26. The van der Waals surface area contributed by atoms with Gasteiger partial charge in [-0.2, -0.15) is 0 Å². The van der Waals surface area contributed by atoms with Crippen LogP contribution in [0.25, 0.3) is 0 Å². The number of hydrogen-bond donors (Lipinski definition) is 3. The normalized spacial score (nSPS) is 16.6. The molecule has 1 aliphatic rings. The van der Waals surface area contributed by atoms with Crippen LogP contribution in [0.5, 0.6) is 0 Å². The van der Waals surface area contributed by atoms with Gasteiger partial charge in [0, 0.05) is 38.9 Å². The second kappa shape index (κ2) is 8.69. The Labute approximate surface area is 134 Å². The van der Waals surface area contributed by atoms with Gasteiger partial charge in [0.2, 0.25) is 10.0 Å². The minimum absolute atomic E-state index is 0.442. The SMILES string of the molecule is CN=C(NCCCOCC1CC1)NCC(C)(C)NS(C)(=O)=O. The Morgan fingerprint density at radius 3 is 2.55 bits per heavy atom. The van der Waals surface area contributed by atoms with Gasteiger partial charge in [-0.15, -0.1) is 0 Å². The van der Waals surface area contributed by atoms with Gasteiger partial charge in [0.25, 0.3) is 0 Å². The molecule has 1 fully saturated rings. The lowest BCUT2D eigenvalue weighted by Crippen LogP contribution is -2.53. The van der Waals surface area contributed by atoms with Gasteiger partial charge in [0.05, 0.1) is 6.26 Å². The Balaban J connectivity index is 2.15. The van der Waals surface area contributed by atoms with E-state index in [-0.39, 0.29) is 0 Å². The van der Waals surface area contributed by atoms with E-state index in [1.54, 1.807) is 7.05 Å². The third-order valence-electron chi connectivity index (χ3n) is 3.19. The first kappa shape index (κ1) is 19.2. The third kappa shape index (κ3) is 9.97. The van der Waals surface area contributed by atoms with Crippen LogP contribution in [0.4, 0.5) is 0 Å². The van der Waals surface area contributed by atoms with Gasteiger partial charge in [-0.25, -0.2) is 13.1 Å². The highest BCUT2D eigenvalue weighted by Gasteiger charge is 2.22. The van der Waals surface area contributed by atoms with Gasteiger partial charge in [0.15, 0.2) is 5.96 Å². The molecular formula is C14H30N4O3S. The average molecular weight is 334 g/mol. The molecule has 0 radical (unpaired) electrons. The summed E-state index contributed by atoms with van der Waals surface area (Å²) in [5.74, 6) is 1.46. The van der Waals surface area contributed by atoms with Gasteiger partial charge in [-0.3, -0.25) is 4.99 Å². The highest BCUT2D eigenvalue weighted by Crippen LogP contribution is 2.28. The maximum atomic E-state index is 11.3. The molecule has 1 rings (SSSR count). The van der Waals surface area contributed by atoms with Crippen LogP contribution in [0.2, 0.25) is 0 Å². The average Bonchev–Trinajstić information content (AvgIpc) is 3.18. The summed E-state index contributed by atoms with van der Waals surface area (Å²) in [6.45, 7) is 6.49. The van der Waals surface area contributed by atoms with Crippen molar-refractivity contribution in [1.29, 1.82) is 0 Å². The predicted molar refractivity (Wildman–Crippen MR) is 89.6 cm³/mol. The number of nitrogens with one attached hydrogen (secondary N) is 3. The summed E-state index contributed by atoms with van der Waals surface area (Å²) in [5, 5.41) is 6.31. The van der Waals surface area contributed by atoms with E-state index in [2.05, 4.69) is 20.3 Å². The fourth-order valence-electron chi connectivity index (χ4n) is 1.98. The number of aliphatic imine (C=N–C) groups is 1. The molecule has 3 N–H and O–H groups in total. The molecule has 0 aromatic heterocycles. The van der Waals surface area contributed by atoms with E-state index < -0.39 is 15.6 Å². The lowest BCUT2D eigenvalue weighted by molar-refractivity contribution is 0.123. The molecule has 0 bridgehead atoms. The van der Waals surface area contributed by atoms with E-state index in [0.717, 1.165) is 38.4 Å². The Bertz CT molecular complexity index is 459. The predicted octanol–water partition coefficient (Wildman–Crippen LogP) is 0.296. The molecule has 0 spiro atoms. The summed E-state index contributed by atoms with van der Waals surface area (Å²) in [4.78, 5) is 4.12. The third-order valence-corrected chi connectivity index (χ3v) is 4.11. The number of guanidine groups is 1. The quantitative estimate of drug-likeness (QED) is 0.303. The molecule has 0 atom stereocenters. The lowest BCUT2D eigenvalue weighted by atomic mass is 10.1. The number of ether oxygens (including phenoxy) is 1. The minimum Gasteiger partial charge on any atom is -0.381 e. The maximum absolute atomic E-state index is 11.3. The van der Waals surface area contributed by atoms with Gasteiger partial charge in [-0.05, 0) is 39.0 Å². The second-order valence-electron chi connectivity index (χ2n) is 6.48. The fourth-order valence-corrected chi connectivity index (χ4v) is 3.05. The molecule has 130 valence electrons. The first-order valence-electron chi connectivity index (χ1n) is 7.73. The largest absolute Gasteiger partial charge is 0.381 e. The molecule has 0 saturated heterocycles. The first-order valence-corrected chi connectivity index (χ1v) is 9.62. The summed E-state index contributed by atoms with van der Waals surface area (Å²) in [6.07, 6.45) is 4.69. The molecule has 0 aromatic rings. The van der Waals surface area contributed by atoms with E-state index in [1.807, 2.05) is 13.8 Å². The molecule has 7 nitrogen and oxygen atoms in total. The Hall–Kier alpha value is -0.860. The number of nitrogens with zero attached hydrogens (tertiary/aromatic N) is 1. The van der Waals surface area contributed by atoms with Crippen molar-refractivity contribution in [1.82, 2.24) is 15.4 Å². The van der Waals surface area contributed by atoms with E-state index in [4.69, 9.17) is 4.74 Å². The van der Waals surface area contributed by atoms with Crippen molar-refractivity contribution in [2.24, 2.45) is 10.9 Å². The summed E-state index contributed by atoms with van der Waals surface area (Å²) >= 11 is 0. The van der Waals surface area contributed by atoms with Crippen molar-refractivity contribution in [3.63, 3.8) is 0 Å². The molecule has 0 unspecified atom stereocenters. The number of sulfonamides is 1. The minimum atomic E-state index is -3.23. The van der Waals surface area contributed by atoms with Gasteiger partial charge < -0.3 is 15.4 Å². The maximum Gasteiger partial charge on any atom is 0.209 e. The Kier molecular flexibility index (Phi) is 7.58. The molecule has 0 heterocycles. The van der Waals surface area contributed by atoms with Gasteiger partial charge in [0.1, 0.15) is 0 Å². The van der Waals surface area contributed by atoms with Crippen molar-refractivity contribution < 1.29 is 13.2 Å². The van der Waals surface area contributed by atoms with E-state index in [1.165, 1.54) is 12.8 Å². The van der Waals surface area contributed by atoms with Crippen molar-refractivity contribution in [2.45, 2.75) is 38.6 Å². The monoisotopic (exact) mass is 334 g/mol. The van der Waals surface area contributed by atoms with Crippen molar-refractivity contribution in [3.05, 3.63) is 0 Å². The zero-order chi connectivity index (χ0) is 16.6. The molecular weight excluding hydrogens is 304 g/mol. The zero-order valence-electron chi connectivity index (χ0n) is 14.1. The first-order chi connectivity index (χ1) is 10.2. The van der Waals surface area contributed by atoms with Crippen LogP contribution in [0.15, 0.2) is 4.99 Å². The molecule has 1 saturated carbocycles. The van der Waals surface area contributed by atoms with E-state index >= 15 is 0 Å². The standard InChI is InChI=1S/C14H30N4O3S/c1-14(2,18-22(4,19)20)11-17-13(15-3)16-8-5-9-21-10-12-6-7-12/h12,18H,5-11H2,1-4H3,(H2,15,16,17). The van der Waals surface area contributed by atoms with Crippen LogP contribution in [0.3, 0.4) is 0 Å². The molecule has 0 aliphatic heterocycles. The molecule has 0 aromatic carbocycles. The number of hydrogen-bond acceptors (Lipinski definition) is 4. The van der Waals surface area contributed by atoms with Crippen molar-refractivity contribution in [3.8, 4) is 0 Å². The summed E-state index contributed by atoms with van der Waals surface area (Å²) in [5.41, 5.74) is -0.585. The molecule has 22 heavy (non-hydrogen) atoms. The van der Waals surface area contributed by atoms with Gasteiger partial charge >= 0.3 is 0 Å². The number of rotatable bonds is 10. The smallest absolute Gasteiger partial charge is 0.209 e. The summed E-state index contributed by atoms with van der Waals surface area (Å²) in [7, 11) is -1.54. The van der Waals surface area contributed by atoms with Crippen LogP contribution in [-0.2, 0) is 14.8 Å². The van der Waals surface area contributed by atoms with Gasteiger partial charge in [-0.1, -0.05) is 0 Å². The second-order valence-corrected chi connectivity index (χ2v) is 8.23. The Morgan fingerprint density at radius 2 is 2.00 bits per heavy atom. The van der Waals surface area contributed by atoms with Crippen LogP contribution in [0, 0.1) is 5.92 Å². The summed E-state index contributed by atoms with van der Waals surface area (Å²) < 4.78 is 30.7. The fraction of sp³-hybridized carbons (Fsp3) is 0.929. The molecule has 0 amide bonds. The van der Waals surface area contributed by atoms with Crippen LogP contribution in [0.1, 0.15) is 33.1 Å². The molecule has 1 aliphatic carbocycles. The molecule has 8 heteroatoms. The highest BCUT2D eigenvalue weighted by molar-refractivity contribution is 7.88. The van der Waals surface area contributed by atoms with Crippen molar-refractivity contribution >= 4 is 16.0 Å². The summed E-state index contributed by atoms with van der Waals surface area (Å²) in [6, 6.07) is 0. The Morgan fingerprint density at radius 1 is 1.32 bits per heavy atom. The van der Waals surface area contributed by atoms with E-state index in [0.29, 0.717) is 12.5 Å². The highest BCUT2D eigenvalue weighted by atomic mass is 32.2. The zero-order valence-corrected chi connectivity index (χ0v) is 14.9. The van der Waals surface area contributed by atoms with Crippen LogP contribution < -0.4 is 15.4 Å².